The maximum atomic E-state index is 11.7. The number of carbonyl (C=O) groups is 4. The third-order valence-electron chi connectivity index (χ3n) is 4.62. The number of hydrogen-bond acceptors (Lipinski definition) is 5. The van der Waals surface area contributed by atoms with Crippen LogP contribution in [0.5, 0.6) is 0 Å². The van der Waals surface area contributed by atoms with Gasteiger partial charge < -0.3 is 15.7 Å². The zero-order valence-electron chi connectivity index (χ0n) is 15.8. The van der Waals surface area contributed by atoms with Gasteiger partial charge in [-0.15, -0.1) is 0 Å². The molecule has 0 aliphatic carbocycles. The van der Waals surface area contributed by atoms with E-state index in [-0.39, 0.29) is 12.2 Å². The standard InChI is InChI=1S/C12H13NO3.C9H7NO2/c1-7-3-4-10-9(5-7)12(16,6-8(2)14)11(15)13-10;1-5-2-3-7-6(4-5)8(11)9(12)10-7/h3-5,16H,6H2,1-2H3,(H,13,15);2-4H,1H3,(H,10,11,12). The number of ketones is 2. The SMILES string of the molecule is CC(=O)CC1(O)C(=O)Nc2ccc(C)cc21.Cc1ccc2c(c1)C(=O)C(=O)N2. The van der Waals surface area contributed by atoms with E-state index in [1.807, 2.05) is 26.0 Å². The summed E-state index contributed by atoms with van der Waals surface area (Å²) in [4.78, 5) is 44.8. The van der Waals surface area contributed by atoms with E-state index < -0.39 is 23.2 Å². The number of carbonyl (C=O) groups excluding carboxylic acids is 4. The molecule has 0 spiro atoms. The predicted octanol–water partition coefficient (Wildman–Crippen LogP) is 2.24. The molecule has 2 aliphatic heterocycles. The number of Topliss-reactive ketones (excluding diaryl/α,β-unsaturated/α-hetero) is 2. The average Bonchev–Trinajstić information content (AvgIpc) is 3.03. The van der Waals surface area contributed by atoms with Crippen molar-refractivity contribution in [3.8, 4) is 0 Å². The van der Waals surface area contributed by atoms with Crippen molar-refractivity contribution < 1.29 is 24.3 Å². The van der Waals surface area contributed by atoms with Gasteiger partial charge in [0.2, 0.25) is 0 Å². The van der Waals surface area contributed by atoms with Gasteiger partial charge in [-0.25, -0.2) is 0 Å². The van der Waals surface area contributed by atoms with Crippen molar-refractivity contribution in [3.63, 3.8) is 0 Å². The minimum atomic E-state index is -1.70. The van der Waals surface area contributed by atoms with Crippen LogP contribution in [0.4, 0.5) is 11.4 Å². The topological polar surface area (TPSA) is 113 Å². The van der Waals surface area contributed by atoms with Gasteiger partial charge in [0.05, 0.1) is 11.3 Å². The average molecular weight is 380 g/mol. The molecule has 7 heteroatoms. The Balaban J connectivity index is 0.000000167. The van der Waals surface area contributed by atoms with E-state index in [2.05, 4.69) is 10.6 Å². The molecule has 2 amide bonds. The Morgan fingerprint density at radius 3 is 2.21 bits per heavy atom. The lowest BCUT2D eigenvalue weighted by molar-refractivity contribution is -0.139. The second-order valence-corrected chi connectivity index (χ2v) is 7.07. The molecule has 2 aromatic rings. The second-order valence-electron chi connectivity index (χ2n) is 7.07. The minimum absolute atomic E-state index is 0.185. The van der Waals surface area contributed by atoms with Crippen LogP contribution in [0, 0.1) is 13.8 Å². The fourth-order valence-corrected chi connectivity index (χ4v) is 3.25. The number of rotatable bonds is 2. The van der Waals surface area contributed by atoms with Gasteiger partial charge in [-0.3, -0.25) is 19.2 Å². The molecule has 3 N–H and O–H groups in total. The quantitative estimate of drug-likeness (QED) is 0.692. The first-order chi connectivity index (χ1) is 13.1. The first-order valence-corrected chi connectivity index (χ1v) is 8.72. The van der Waals surface area contributed by atoms with Crippen molar-refractivity contribution >= 4 is 34.8 Å². The van der Waals surface area contributed by atoms with Crippen molar-refractivity contribution in [2.24, 2.45) is 0 Å². The molecular formula is C21H20N2O5. The van der Waals surface area contributed by atoms with Crippen LogP contribution in [0.15, 0.2) is 36.4 Å². The summed E-state index contributed by atoms with van der Waals surface area (Å²) < 4.78 is 0. The van der Waals surface area contributed by atoms with Gasteiger partial charge in [0.15, 0.2) is 5.60 Å². The Bertz CT molecular complexity index is 1030. The zero-order chi connectivity index (χ0) is 20.6. The number of fused-ring (bicyclic) bond motifs is 2. The van der Waals surface area contributed by atoms with Gasteiger partial charge in [0.1, 0.15) is 5.78 Å². The molecular weight excluding hydrogens is 360 g/mol. The van der Waals surface area contributed by atoms with Crippen molar-refractivity contribution in [2.45, 2.75) is 32.8 Å². The van der Waals surface area contributed by atoms with Gasteiger partial charge in [0, 0.05) is 17.7 Å². The molecule has 2 aromatic carbocycles. The zero-order valence-corrected chi connectivity index (χ0v) is 15.8. The molecule has 1 unspecified atom stereocenters. The highest BCUT2D eigenvalue weighted by Gasteiger charge is 2.45. The molecule has 0 saturated carbocycles. The summed E-state index contributed by atoms with van der Waals surface area (Å²) in [5, 5.41) is 15.3. The third kappa shape index (κ3) is 3.44. The van der Waals surface area contributed by atoms with Gasteiger partial charge in [-0.2, -0.15) is 0 Å². The van der Waals surface area contributed by atoms with E-state index >= 15 is 0 Å². The fourth-order valence-electron chi connectivity index (χ4n) is 3.25. The lowest BCUT2D eigenvalue weighted by Crippen LogP contribution is -2.36. The first kappa shape index (κ1) is 19.4. The Morgan fingerprint density at radius 2 is 1.57 bits per heavy atom. The molecule has 0 saturated heterocycles. The smallest absolute Gasteiger partial charge is 0.296 e. The van der Waals surface area contributed by atoms with Crippen LogP contribution in [0.3, 0.4) is 0 Å². The normalized spacial score (nSPS) is 19.2. The third-order valence-corrected chi connectivity index (χ3v) is 4.62. The van der Waals surface area contributed by atoms with Crippen LogP contribution in [-0.4, -0.2) is 28.5 Å². The molecule has 0 radical (unpaired) electrons. The lowest BCUT2D eigenvalue weighted by Gasteiger charge is -2.19. The van der Waals surface area contributed by atoms with E-state index in [4.69, 9.17) is 0 Å². The molecule has 2 aliphatic rings. The van der Waals surface area contributed by atoms with Gasteiger partial charge in [-0.05, 0) is 39.0 Å². The largest absolute Gasteiger partial charge is 0.375 e. The number of nitrogens with one attached hydrogen (secondary N) is 2. The first-order valence-electron chi connectivity index (χ1n) is 8.72. The number of amides is 2. The van der Waals surface area contributed by atoms with Crippen LogP contribution >= 0.6 is 0 Å². The number of aliphatic hydroxyl groups is 1. The van der Waals surface area contributed by atoms with E-state index in [1.54, 1.807) is 24.3 Å². The number of anilines is 2. The molecule has 2 heterocycles. The monoisotopic (exact) mass is 380 g/mol. The van der Waals surface area contributed by atoms with Crippen LogP contribution in [0.1, 0.15) is 40.4 Å². The molecule has 0 bridgehead atoms. The summed E-state index contributed by atoms with van der Waals surface area (Å²) in [5.41, 5.74) is 2.41. The number of benzene rings is 2. The number of aryl methyl sites for hydroxylation is 2. The Labute approximate surface area is 161 Å². The molecule has 4 rings (SSSR count). The highest BCUT2D eigenvalue weighted by atomic mass is 16.3. The second kappa shape index (κ2) is 7.01. The Kier molecular flexibility index (Phi) is 4.87. The highest BCUT2D eigenvalue weighted by Crippen LogP contribution is 2.38. The van der Waals surface area contributed by atoms with Crippen LogP contribution < -0.4 is 10.6 Å². The van der Waals surface area contributed by atoms with E-state index in [0.29, 0.717) is 22.5 Å². The summed E-state index contributed by atoms with van der Waals surface area (Å²) in [6.07, 6.45) is -0.185. The fraction of sp³-hybridized carbons (Fsp3) is 0.238. The maximum absolute atomic E-state index is 11.7. The molecule has 0 fully saturated rings. The van der Waals surface area contributed by atoms with Gasteiger partial charge in [0.25, 0.3) is 17.6 Å². The van der Waals surface area contributed by atoms with Gasteiger partial charge >= 0.3 is 0 Å². The van der Waals surface area contributed by atoms with Crippen LogP contribution in [0.2, 0.25) is 0 Å². The van der Waals surface area contributed by atoms with Crippen molar-refractivity contribution in [1.82, 2.24) is 0 Å². The predicted molar refractivity (Wildman–Crippen MR) is 103 cm³/mol. The van der Waals surface area contributed by atoms with E-state index in [1.165, 1.54) is 6.92 Å². The summed E-state index contributed by atoms with van der Waals surface area (Å²) in [6.45, 7) is 5.12. The summed E-state index contributed by atoms with van der Waals surface area (Å²) in [7, 11) is 0. The lowest BCUT2D eigenvalue weighted by atomic mass is 9.89. The molecule has 28 heavy (non-hydrogen) atoms. The maximum Gasteiger partial charge on any atom is 0.296 e. The van der Waals surface area contributed by atoms with Crippen molar-refractivity contribution in [3.05, 3.63) is 58.7 Å². The molecule has 7 nitrogen and oxygen atoms in total. The van der Waals surface area contributed by atoms with Crippen LogP contribution in [0.25, 0.3) is 0 Å². The molecule has 0 aromatic heterocycles. The van der Waals surface area contributed by atoms with E-state index in [9.17, 15) is 24.3 Å². The van der Waals surface area contributed by atoms with Crippen molar-refractivity contribution in [2.75, 3.05) is 10.6 Å². The van der Waals surface area contributed by atoms with Crippen LogP contribution in [-0.2, 0) is 20.0 Å². The number of hydrogen-bond donors (Lipinski definition) is 3. The minimum Gasteiger partial charge on any atom is -0.375 e. The Morgan fingerprint density at radius 1 is 0.964 bits per heavy atom. The summed E-state index contributed by atoms with van der Waals surface area (Å²) >= 11 is 0. The molecule has 1 atom stereocenters. The highest BCUT2D eigenvalue weighted by molar-refractivity contribution is 6.51. The summed E-state index contributed by atoms with van der Waals surface area (Å²) in [6, 6.07) is 10.6. The van der Waals surface area contributed by atoms with Crippen molar-refractivity contribution in [1.29, 1.82) is 0 Å². The Hall–Kier alpha value is -3.32. The van der Waals surface area contributed by atoms with E-state index in [0.717, 1.165) is 11.1 Å². The van der Waals surface area contributed by atoms with Gasteiger partial charge in [-0.1, -0.05) is 29.3 Å². The molecule has 144 valence electrons. The summed E-state index contributed by atoms with van der Waals surface area (Å²) in [5.74, 6) is -1.71.